The van der Waals surface area contributed by atoms with E-state index in [1.807, 2.05) is 12.1 Å². The van der Waals surface area contributed by atoms with E-state index in [2.05, 4.69) is 4.90 Å². The molecule has 1 aromatic carbocycles. The predicted octanol–water partition coefficient (Wildman–Crippen LogP) is 1.57. The molecule has 0 aromatic heterocycles. The topological polar surface area (TPSA) is 49.6 Å². The highest BCUT2D eigenvalue weighted by atomic mass is 16.2. The fourth-order valence-corrected chi connectivity index (χ4v) is 2.31. The van der Waals surface area contributed by atoms with E-state index in [4.69, 9.17) is 5.73 Å². The molecule has 1 aromatic rings. The van der Waals surface area contributed by atoms with Crippen molar-refractivity contribution in [3.05, 3.63) is 29.3 Å². The Hall–Kier alpha value is -1.55. The first kappa shape index (κ1) is 12.9. The van der Waals surface area contributed by atoms with Crippen LogP contribution in [0.15, 0.2) is 18.2 Å². The van der Waals surface area contributed by atoms with Crippen molar-refractivity contribution >= 4 is 11.6 Å². The van der Waals surface area contributed by atoms with Crippen molar-refractivity contribution in [1.82, 2.24) is 9.80 Å². The van der Waals surface area contributed by atoms with Crippen LogP contribution in [-0.2, 0) is 6.54 Å². The Morgan fingerprint density at radius 2 is 2.00 bits per heavy atom. The molecule has 0 saturated carbocycles. The molecule has 1 aliphatic rings. The van der Waals surface area contributed by atoms with Crippen molar-refractivity contribution in [2.75, 3.05) is 32.9 Å². The van der Waals surface area contributed by atoms with Gasteiger partial charge in [-0.1, -0.05) is 6.07 Å². The second-order valence-electron chi connectivity index (χ2n) is 5.10. The Bertz CT molecular complexity index is 437. The van der Waals surface area contributed by atoms with Crippen LogP contribution in [0.2, 0.25) is 0 Å². The molecule has 0 spiro atoms. The summed E-state index contributed by atoms with van der Waals surface area (Å²) < 4.78 is 0. The lowest BCUT2D eigenvalue weighted by atomic mass is 10.1. The fraction of sp³-hybridized carbons (Fsp3) is 0.500. The third-order valence-electron chi connectivity index (χ3n) is 3.39. The van der Waals surface area contributed by atoms with Crippen LogP contribution in [0.3, 0.4) is 0 Å². The van der Waals surface area contributed by atoms with Crippen LogP contribution in [0.25, 0.3) is 0 Å². The molecule has 1 heterocycles. The third kappa shape index (κ3) is 2.82. The molecule has 98 valence electrons. The number of rotatable bonds is 3. The predicted molar refractivity (Wildman–Crippen MR) is 73.4 cm³/mol. The van der Waals surface area contributed by atoms with Crippen molar-refractivity contribution in [2.24, 2.45) is 0 Å². The maximum absolute atomic E-state index is 11.8. The Balaban J connectivity index is 2.11. The third-order valence-corrected chi connectivity index (χ3v) is 3.39. The Labute approximate surface area is 108 Å². The van der Waals surface area contributed by atoms with Crippen molar-refractivity contribution < 1.29 is 4.79 Å². The molecule has 0 aliphatic carbocycles. The summed E-state index contributed by atoms with van der Waals surface area (Å²) in [6.07, 6.45) is 2.55. The fourth-order valence-electron chi connectivity index (χ4n) is 2.31. The quantitative estimate of drug-likeness (QED) is 0.825. The summed E-state index contributed by atoms with van der Waals surface area (Å²) in [4.78, 5) is 15.8. The van der Waals surface area contributed by atoms with Crippen LogP contribution in [-0.4, -0.2) is 42.9 Å². The van der Waals surface area contributed by atoms with E-state index in [-0.39, 0.29) is 5.91 Å². The largest absolute Gasteiger partial charge is 0.398 e. The highest BCUT2D eigenvalue weighted by Crippen LogP contribution is 2.19. The van der Waals surface area contributed by atoms with Gasteiger partial charge in [0, 0.05) is 31.9 Å². The first-order valence-corrected chi connectivity index (χ1v) is 6.40. The van der Waals surface area contributed by atoms with Crippen molar-refractivity contribution in [3.8, 4) is 0 Å². The Morgan fingerprint density at radius 1 is 1.33 bits per heavy atom. The molecule has 1 fully saturated rings. The number of carbonyl (C=O) groups excluding carboxylic acids is 1. The second kappa shape index (κ2) is 5.40. The zero-order chi connectivity index (χ0) is 13.1. The maximum atomic E-state index is 11.8. The van der Waals surface area contributed by atoms with Crippen molar-refractivity contribution in [2.45, 2.75) is 19.4 Å². The van der Waals surface area contributed by atoms with E-state index in [9.17, 15) is 4.79 Å². The molecule has 1 amide bonds. The summed E-state index contributed by atoms with van der Waals surface area (Å²) >= 11 is 0. The zero-order valence-corrected chi connectivity index (χ0v) is 11.1. The molecule has 4 heteroatoms. The number of hydrogen-bond acceptors (Lipinski definition) is 3. The molecule has 2 N–H and O–H groups in total. The van der Waals surface area contributed by atoms with Gasteiger partial charge in [0.15, 0.2) is 0 Å². The highest BCUT2D eigenvalue weighted by molar-refractivity contribution is 5.94. The summed E-state index contributed by atoms with van der Waals surface area (Å²) in [5, 5.41) is 0. The molecule has 0 bridgehead atoms. The number of anilines is 1. The van der Waals surface area contributed by atoms with Gasteiger partial charge in [0.2, 0.25) is 0 Å². The minimum atomic E-state index is -0.00516. The molecule has 1 saturated heterocycles. The molecule has 2 rings (SSSR count). The lowest BCUT2D eigenvalue weighted by molar-refractivity contribution is 0.0827. The standard InChI is InChI=1S/C14H21N3O/c1-16(2)14(18)11-5-6-12(13(15)9-11)10-17-7-3-4-8-17/h5-6,9H,3-4,7-8,10,15H2,1-2H3. The van der Waals surface area contributed by atoms with E-state index >= 15 is 0 Å². The minimum absolute atomic E-state index is 0.00516. The van der Waals surface area contributed by atoms with Gasteiger partial charge < -0.3 is 10.6 Å². The average molecular weight is 247 g/mol. The number of carbonyl (C=O) groups is 1. The molecule has 0 unspecified atom stereocenters. The van der Waals surface area contributed by atoms with E-state index in [0.29, 0.717) is 5.56 Å². The summed E-state index contributed by atoms with van der Waals surface area (Å²) in [6.45, 7) is 3.19. The summed E-state index contributed by atoms with van der Waals surface area (Å²) in [5.41, 5.74) is 8.53. The van der Waals surface area contributed by atoms with Crippen LogP contribution in [0.4, 0.5) is 5.69 Å². The van der Waals surface area contributed by atoms with Gasteiger partial charge in [-0.2, -0.15) is 0 Å². The van der Waals surface area contributed by atoms with E-state index in [1.165, 1.54) is 12.8 Å². The first-order chi connectivity index (χ1) is 8.58. The molecule has 0 atom stereocenters. The molecular formula is C14H21N3O. The Kier molecular flexibility index (Phi) is 3.87. The monoisotopic (exact) mass is 247 g/mol. The first-order valence-electron chi connectivity index (χ1n) is 6.40. The van der Waals surface area contributed by atoms with Gasteiger partial charge in [-0.25, -0.2) is 0 Å². The van der Waals surface area contributed by atoms with Gasteiger partial charge in [-0.3, -0.25) is 9.69 Å². The second-order valence-corrected chi connectivity index (χ2v) is 5.10. The summed E-state index contributed by atoms with van der Waals surface area (Å²) in [6, 6.07) is 5.63. The number of likely N-dealkylation sites (tertiary alicyclic amines) is 1. The van der Waals surface area contributed by atoms with Crippen molar-refractivity contribution in [3.63, 3.8) is 0 Å². The van der Waals surface area contributed by atoms with Crippen molar-refractivity contribution in [1.29, 1.82) is 0 Å². The van der Waals surface area contributed by atoms with Gasteiger partial charge in [0.25, 0.3) is 5.91 Å². The van der Waals surface area contributed by atoms with Crippen LogP contribution in [0.5, 0.6) is 0 Å². The minimum Gasteiger partial charge on any atom is -0.398 e. The Morgan fingerprint density at radius 3 is 2.56 bits per heavy atom. The molecule has 1 aliphatic heterocycles. The number of hydrogen-bond donors (Lipinski definition) is 1. The molecule has 0 radical (unpaired) electrons. The van der Waals surface area contributed by atoms with Crippen LogP contribution in [0.1, 0.15) is 28.8 Å². The molecule has 18 heavy (non-hydrogen) atoms. The molecule has 4 nitrogen and oxygen atoms in total. The summed E-state index contributed by atoms with van der Waals surface area (Å²) in [7, 11) is 3.49. The zero-order valence-electron chi connectivity index (χ0n) is 11.1. The average Bonchev–Trinajstić information content (AvgIpc) is 2.83. The number of benzene rings is 1. The number of nitrogen functional groups attached to an aromatic ring is 1. The molecular weight excluding hydrogens is 226 g/mol. The SMILES string of the molecule is CN(C)C(=O)c1ccc(CN2CCCC2)c(N)c1. The number of nitrogens with two attached hydrogens (primary N) is 1. The van der Waals surface area contributed by atoms with E-state index < -0.39 is 0 Å². The highest BCUT2D eigenvalue weighted by Gasteiger charge is 2.14. The van der Waals surface area contributed by atoms with Gasteiger partial charge in [-0.15, -0.1) is 0 Å². The van der Waals surface area contributed by atoms with Gasteiger partial charge in [0.1, 0.15) is 0 Å². The lowest BCUT2D eigenvalue weighted by Gasteiger charge is -2.17. The van der Waals surface area contributed by atoms with Crippen LogP contribution < -0.4 is 5.73 Å². The lowest BCUT2D eigenvalue weighted by Crippen LogP contribution is -2.22. The maximum Gasteiger partial charge on any atom is 0.253 e. The normalized spacial score (nSPS) is 15.9. The van der Waals surface area contributed by atoms with Crippen LogP contribution in [0, 0.1) is 0 Å². The number of amides is 1. The van der Waals surface area contributed by atoms with Gasteiger partial charge in [-0.05, 0) is 43.6 Å². The smallest absolute Gasteiger partial charge is 0.253 e. The summed E-state index contributed by atoms with van der Waals surface area (Å²) in [5.74, 6) is -0.00516. The van der Waals surface area contributed by atoms with Crippen LogP contribution >= 0.6 is 0 Å². The van der Waals surface area contributed by atoms with E-state index in [1.54, 1.807) is 25.1 Å². The van der Waals surface area contributed by atoms with E-state index in [0.717, 1.165) is 30.9 Å². The van der Waals surface area contributed by atoms with Gasteiger partial charge >= 0.3 is 0 Å². The van der Waals surface area contributed by atoms with Gasteiger partial charge in [0.05, 0.1) is 0 Å². The number of nitrogens with zero attached hydrogens (tertiary/aromatic N) is 2.